The molecule has 2 heterocycles. The lowest BCUT2D eigenvalue weighted by atomic mass is 10.1. The molecule has 0 saturated carbocycles. The van der Waals surface area contributed by atoms with Crippen molar-refractivity contribution in [1.82, 2.24) is 24.8 Å². The summed E-state index contributed by atoms with van der Waals surface area (Å²) < 4.78 is 0. The summed E-state index contributed by atoms with van der Waals surface area (Å²) in [4.78, 5) is 30.3. The molecule has 1 amide bonds. The van der Waals surface area contributed by atoms with Gasteiger partial charge in [0, 0.05) is 12.7 Å². The van der Waals surface area contributed by atoms with Crippen molar-refractivity contribution in [2.75, 3.05) is 12.8 Å². The number of carbonyl (C=O) groups excluding carboxylic acids is 1. The highest BCUT2D eigenvalue weighted by atomic mass is 16.2. The van der Waals surface area contributed by atoms with Crippen LogP contribution in [-0.2, 0) is 6.54 Å². The molecule has 3 aromatic rings. The second-order valence-corrected chi connectivity index (χ2v) is 6.56. The van der Waals surface area contributed by atoms with E-state index >= 15 is 0 Å². The van der Waals surface area contributed by atoms with E-state index in [0.717, 1.165) is 28.1 Å². The molecule has 0 fully saturated rings. The van der Waals surface area contributed by atoms with Crippen LogP contribution in [0.25, 0.3) is 11.0 Å². The topological polar surface area (TPSA) is 101 Å². The SMILES string of the molecule is Cc1ccc2nc(CN(C)C(=O)c3cc(C(C)C)nc(N)n3)[nH]c2c1. The third-order valence-corrected chi connectivity index (χ3v) is 3.99. The summed E-state index contributed by atoms with van der Waals surface area (Å²) in [6.07, 6.45) is 0. The Labute approximate surface area is 146 Å². The number of nitrogens with one attached hydrogen (secondary N) is 1. The van der Waals surface area contributed by atoms with Gasteiger partial charge in [-0.3, -0.25) is 4.79 Å². The number of hydrogen-bond acceptors (Lipinski definition) is 5. The number of rotatable bonds is 4. The number of anilines is 1. The van der Waals surface area contributed by atoms with Gasteiger partial charge in [-0.05, 0) is 36.6 Å². The van der Waals surface area contributed by atoms with E-state index in [1.165, 1.54) is 0 Å². The summed E-state index contributed by atoms with van der Waals surface area (Å²) in [5.41, 5.74) is 9.80. The van der Waals surface area contributed by atoms with Crippen molar-refractivity contribution < 1.29 is 4.79 Å². The monoisotopic (exact) mass is 338 g/mol. The lowest BCUT2D eigenvalue weighted by Gasteiger charge is -2.16. The van der Waals surface area contributed by atoms with Crippen molar-refractivity contribution in [3.05, 3.63) is 47.0 Å². The van der Waals surface area contributed by atoms with Gasteiger partial charge in [-0.25, -0.2) is 15.0 Å². The van der Waals surface area contributed by atoms with Crippen molar-refractivity contribution in [1.29, 1.82) is 0 Å². The molecule has 0 radical (unpaired) electrons. The zero-order chi connectivity index (χ0) is 18.1. The van der Waals surface area contributed by atoms with Gasteiger partial charge in [0.1, 0.15) is 11.5 Å². The summed E-state index contributed by atoms with van der Waals surface area (Å²) in [7, 11) is 1.72. The summed E-state index contributed by atoms with van der Waals surface area (Å²) >= 11 is 0. The van der Waals surface area contributed by atoms with Gasteiger partial charge in [-0.15, -0.1) is 0 Å². The van der Waals surface area contributed by atoms with Crippen molar-refractivity contribution >= 4 is 22.9 Å². The molecule has 7 heteroatoms. The van der Waals surface area contributed by atoms with Crippen LogP contribution in [0.5, 0.6) is 0 Å². The van der Waals surface area contributed by atoms with E-state index in [9.17, 15) is 4.79 Å². The number of carbonyl (C=O) groups is 1. The highest BCUT2D eigenvalue weighted by Crippen LogP contribution is 2.17. The molecule has 130 valence electrons. The molecule has 1 aromatic carbocycles. The molecule has 3 rings (SSSR count). The summed E-state index contributed by atoms with van der Waals surface area (Å²) in [6, 6.07) is 7.71. The molecule has 3 N–H and O–H groups in total. The molecule has 0 bridgehead atoms. The van der Waals surface area contributed by atoms with Crippen LogP contribution in [0.3, 0.4) is 0 Å². The Morgan fingerprint density at radius 3 is 2.72 bits per heavy atom. The van der Waals surface area contributed by atoms with Crippen LogP contribution in [0.15, 0.2) is 24.3 Å². The smallest absolute Gasteiger partial charge is 0.272 e. The fourth-order valence-corrected chi connectivity index (χ4v) is 2.63. The van der Waals surface area contributed by atoms with Crippen LogP contribution in [0, 0.1) is 6.92 Å². The first-order valence-corrected chi connectivity index (χ1v) is 8.18. The molecule has 25 heavy (non-hydrogen) atoms. The minimum absolute atomic E-state index is 0.113. The van der Waals surface area contributed by atoms with E-state index in [-0.39, 0.29) is 17.8 Å². The predicted molar refractivity (Wildman–Crippen MR) is 97.2 cm³/mol. The van der Waals surface area contributed by atoms with E-state index in [1.54, 1.807) is 18.0 Å². The quantitative estimate of drug-likeness (QED) is 0.761. The number of hydrogen-bond donors (Lipinski definition) is 2. The van der Waals surface area contributed by atoms with Crippen LogP contribution >= 0.6 is 0 Å². The van der Waals surface area contributed by atoms with Crippen LogP contribution < -0.4 is 5.73 Å². The minimum Gasteiger partial charge on any atom is -0.368 e. The minimum atomic E-state index is -0.215. The Bertz CT molecular complexity index is 930. The highest BCUT2D eigenvalue weighted by molar-refractivity contribution is 5.92. The van der Waals surface area contributed by atoms with Crippen molar-refractivity contribution in [3.63, 3.8) is 0 Å². The van der Waals surface area contributed by atoms with Crippen LogP contribution in [0.1, 0.15) is 47.3 Å². The normalized spacial score (nSPS) is 11.2. The number of imidazole rings is 1. The maximum Gasteiger partial charge on any atom is 0.272 e. The average Bonchev–Trinajstić information content (AvgIpc) is 2.94. The second-order valence-electron chi connectivity index (χ2n) is 6.56. The van der Waals surface area contributed by atoms with E-state index in [0.29, 0.717) is 12.2 Å². The zero-order valence-electron chi connectivity index (χ0n) is 14.9. The first-order chi connectivity index (χ1) is 11.8. The van der Waals surface area contributed by atoms with Gasteiger partial charge in [0.15, 0.2) is 0 Å². The summed E-state index contributed by atoms with van der Waals surface area (Å²) in [5, 5.41) is 0. The average molecular weight is 338 g/mol. The van der Waals surface area contributed by atoms with Crippen LogP contribution in [0.4, 0.5) is 5.95 Å². The van der Waals surface area contributed by atoms with Crippen molar-refractivity contribution in [3.8, 4) is 0 Å². The van der Waals surface area contributed by atoms with Gasteiger partial charge in [-0.1, -0.05) is 19.9 Å². The van der Waals surface area contributed by atoms with E-state index in [4.69, 9.17) is 5.73 Å². The first-order valence-electron chi connectivity index (χ1n) is 8.18. The fourth-order valence-electron chi connectivity index (χ4n) is 2.63. The molecule has 0 aliphatic rings. The van der Waals surface area contributed by atoms with Gasteiger partial charge in [-0.2, -0.15) is 0 Å². The van der Waals surface area contributed by atoms with Gasteiger partial charge in [0.05, 0.1) is 17.6 Å². The second kappa shape index (κ2) is 6.51. The van der Waals surface area contributed by atoms with E-state index in [2.05, 4.69) is 19.9 Å². The van der Waals surface area contributed by atoms with Crippen molar-refractivity contribution in [2.45, 2.75) is 33.2 Å². The number of amides is 1. The van der Waals surface area contributed by atoms with E-state index < -0.39 is 0 Å². The summed E-state index contributed by atoms with van der Waals surface area (Å²) in [5.74, 6) is 0.790. The molecule has 0 saturated heterocycles. The third-order valence-electron chi connectivity index (χ3n) is 3.99. The van der Waals surface area contributed by atoms with Gasteiger partial charge < -0.3 is 15.6 Å². The molecular formula is C18H22N6O. The fraction of sp³-hybridized carbons (Fsp3) is 0.333. The number of benzene rings is 1. The molecule has 2 aromatic heterocycles. The van der Waals surface area contributed by atoms with Gasteiger partial charge >= 0.3 is 0 Å². The number of aromatic amines is 1. The largest absolute Gasteiger partial charge is 0.368 e. The molecule has 0 aliphatic heterocycles. The third kappa shape index (κ3) is 3.60. The lowest BCUT2D eigenvalue weighted by molar-refractivity contribution is 0.0776. The first kappa shape index (κ1) is 16.9. The molecule has 7 nitrogen and oxygen atoms in total. The van der Waals surface area contributed by atoms with Gasteiger partial charge in [0.2, 0.25) is 5.95 Å². The highest BCUT2D eigenvalue weighted by Gasteiger charge is 2.18. The van der Waals surface area contributed by atoms with Crippen molar-refractivity contribution in [2.24, 2.45) is 0 Å². The summed E-state index contributed by atoms with van der Waals surface area (Å²) in [6.45, 7) is 6.38. The number of nitrogens with two attached hydrogens (primary N) is 1. The molecular weight excluding hydrogens is 316 g/mol. The molecule has 0 atom stereocenters. The van der Waals surface area contributed by atoms with Crippen LogP contribution in [-0.4, -0.2) is 37.8 Å². The molecule has 0 aliphatic carbocycles. The maximum absolute atomic E-state index is 12.7. The number of aromatic nitrogens is 4. The lowest BCUT2D eigenvalue weighted by Crippen LogP contribution is -2.28. The Morgan fingerprint density at radius 2 is 2.00 bits per heavy atom. The number of fused-ring (bicyclic) bond motifs is 1. The number of aryl methyl sites for hydroxylation is 1. The number of H-pyrrole nitrogens is 1. The van der Waals surface area contributed by atoms with E-state index in [1.807, 2.05) is 39.0 Å². The molecule has 0 spiro atoms. The predicted octanol–water partition coefficient (Wildman–Crippen LogP) is 2.64. The number of nitrogen functional groups attached to an aromatic ring is 1. The zero-order valence-corrected chi connectivity index (χ0v) is 14.9. The van der Waals surface area contributed by atoms with Crippen LogP contribution in [0.2, 0.25) is 0 Å². The Kier molecular flexibility index (Phi) is 4.39. The Morgan fingerprint density at radius 1 is 1.24 bits per heavy atom. The Balaban J connectivity index is 1.82. The number of nitrogens with zero attached hydrogens (tertiary/aromatic N) is 4. The Hall–Kier alpha value is -2.96. The maximum atomic E-state index is 12.7. The standard InChI is InChI=1S/C18H22N6O/c1-10(2)13-8-15(23-18(19)22-13)17(25)24(4)9-16-20-12-6-5-11(3)7-14(12)21-16/h5-8,10H,9H2,1-4H3,(H,20,21)(H2,19,22,23). The van der Waals surface area contributed by atoms with Gasteiger partial charge in [0.25, 0.3) is 5.91 Å². The molecule has 0 unspecified atom stereocenters.